The number of hydrogen-bond acceptors (Lipinski definition) is 3. The fourth-order valence-electron chi connectivity index (χ4n) is 1.76. The first-order valence-corrected chi connectivity index (χ1v) is 6.96. The van der Waals surface area contributed by atoms with Gasteiger partial charge in [-0.1, -0.05) is 12.1 Å². The Hall–Kier alpha value is -1.21. The van der Waals surface area contributed by atoms with Crippen molar-refractivity contribution in [1.29, 1.82) is 0 Å². The summed E-state index contributed by atoms with van der Waals surface area (Å²) in [5.41, 5.74) is 3.84. The fraction of sp³-hybridized carbons (Fsp3) is 0.286. The second-order valence-electron chi connectivity index (χ2n) is 4.41. The molecule has 0 amide bonds. The van der Waals surface area contributed by atoms with Gasteiger partial charge in [0.05, 0.1) is 12.3 Å². The molecule has 1 aromatic carbocycles. The molecule has 0 aliphatic rings. The molecular formula is C14H15IN2O2. The summed E-state index contributed by atoms with van der Waals surface area (Å²) in [5, 5.41) is 0. The predicted octanol–water partition coefficient (Wildman–Crippen LogP) is 2.80. The summed E-state index contributed by atoms with van der Waals surface area (Å²) in [6, 6.07) is 6.01. The van der Waals surface area contributed by atoms with Crippen molar-refractivity contribution < 1.29 is 4.74 Å². The van der Waals surface area contributed by atoms with Crippen molar-refractivity contribution in [2.75, 3.05) is 7.11 Å². The highest BCUT2D eigenvalue weighted by atomic mass is 127. The zero-order valence-corrected chi connectivity index (χ0v) is 13.2. The standard InChI is InChI=1S/C14H15IN2O2/c1-8-4-5-10(6-9(8)2)13-16-11(7-19-3)12(15)14(18)17-13/h4-6H,7H2,1-3H3,(H,16,17,18). The fourth-order valence-corrected chi connectivity index (χ4v) is 2.17. The number of hydrogen-bond donors (Lipinski definition) is 1. The van der Waals surface area contributed by atoms with Crippen LogP contribution < -0.4 is 5.56 Å². The number of ether oxygens (including phenoxy) is 1. The van der Waals surface area contributed by atoms with Crippen LogP contribution in [0.3, 0.4) is 0 Å². The van der Waals surface area contributed by atoms with Crippen molar-refractivity contribution in [3.8, 4) is 11.4 Å². The number of rotatable bonds is 3. The molecule has 19 heavy (non-hydrogen) atoms. The van der Waals surface area contributed by atoms with Gasteiger partial charge in [0.2, 0.25) is 0 Å². The van der Waals surface area contributed by atoms with Gasteiger partial charge in [-0.2, -0.15) is 0 Å². The van der Waals surface area contributed by atoms with Crippen LogP contribution in [0.25, 0.3) is 11.4 Å². The molecule has 0 fully saturated rings. The first-order valence-electron chi connectivity index (χ1n) is 5.88. The Kier molecular flexibility index (Phi) is 4.36. The maximum Gasteiger partial charge on any atom is 0.264 e. The first kappa shape index (κ1) is 14.2. The van der Waals surface area contributed by atoms with Gasteiger partial charge < -0.3 is 9.72 Å². The minimum atomic E-state index is -0.129. The summed E-state index contributed by atoms with van der Waals surface area (Å²) in [4.78, 5) is 19.2. The van der Waals surface area contributed by atoms with Crippen LogP contribution in [0.1, 0.15) is 16.8 Å². The van der Waals surface area contributed by atoms with E-state index in [2.05, 4.69) is 16.9 Å². The topological polar surface area (TPSA) is 55.0 Å². The molecule has 0 saturated heterocycles. The van der Waals surface area contributed by atoms with Crippen molar-refractivity contribution in [1.82, 2.24) is 9.97 Å². The summed E-state index contributed by atoms with van der Waals surface area (Å²) >= 11 is 1.99. The third-order valence-corrected chi connectivity index (χ3v) is 4.11. The van der Waals surface area contributed by atoms with Crippen molar-refractivity contribution >= 4 is 22.6 Å². The zero-order chi connectivity index (χ0) is 14.0. The molecular weight excluding hydrogens is 355 g/mol. The zero-order valence-electron chi connectivity index (χ0n) is 11.1. The van der Waals surface area contributed by atoms with Crippen molar-refractivity contribution in [3.63, 3.8) is 0 Å². The number of H-pyrrole nitrogens is 1. The van der Waals surface area contributed by atoms with Crippen LogP contribution in [-0.4, -0.2) is 17.1 Å². The van der Waals surface area contributed by atoms with E-state index in [1.165, 1.54) is 11.1 Å². The normalized spacial score (nSPS) is 10.7. The Morgan fingerprint density at radius 1 is 1.32 bits per heavy atom. The van der Waals surface area contributed by atoms with Gasteiger partial charge in [-0.15, -0.1) is 0 Å². The summed E-state index contributed by atoms with van der Waals surface area (Å²) in [6.07, 6.45) is 0. The average molecular weight is 370 g/mol. The molecule has 100 valence electrons. The van der Waals surface area contributed by atoms with Gasteiger partial charge in [-0.25, -0.2) is 4.98 Å². The predicted molar refractivity (Wildman–Crippen MR) is 83.2 cm³/mol. The van der Waals surface area contributed by atoms with Crippen molar-refractivity contribution in [2.24, 2.45) is 0 Å². The Bertz CT molecular complexity index is 665. The minimum absolute atomic E-state index is 0.129. The van der Waals surface area contributed by atoms with E-state index in [-0.39, 0.29) is 5.56 Å². The van der Waals surface area contributed by atoms with E-state index in [1.807, 2.05) is 47.7 Å². The lowest BCUT2D eigenvalue weighted by molar-refractivity contribution is 0.180. The lowest BCUT2D eigenvalue weighted by Crippen LogP contribution is -2.16. The third kappa shape index (κ3) is 3.03. The highest BCUT2D eigenvalue weighted by Gasteiger charge is 2.10. The second-order valence-corrected chi connectivity index (χ2v) is 5.49. The molecule has 0 atom stereocenters. The Labute approximate surface area is 125 Å². The Morgan fingerprint density at radius 3 is 2.68 bits per heavy atom. The number of aryl methyl sites for hydroxylation is 2. The number of aromatic amines is 1. The molecule has 1 aromatic heterocycles. The quantitative estimate of drug-likeness (QED) is 0.846. The van der Waals surface area contributed by atoms with Gasteiger partial charge >= 0.3 is 0 Å². The van der Waals surface area contributed by atoms with E-state index in [0.717, 1.165) is 5.56 Å². The number of aromatic nitrogens is 2. The number of nitrogens with zero attached hydrogens (tertiary/aromatic N) is 1. The molecule has 0 bridgehead atoms. The van der Waals surface area contributed by atoms with Gasteiger partial charge in [-0.3, -0.25) is 4.79 Å². The van der Waals surface area contributed by atoms with Crippen LogP contribution >= 0.6 is 22.6 Å². The number of methoxy groups -OCH3 is 1. The monoisotopic (exact) mass is 370 g/mol. The van der Waals surface area contributed by atoms with E-state index < -0.39 is 0 Å². The molecule has 0 spiro atoms. The molecule has 2 aromatic rings. The highest BCUT2D eigenvalue weighted by Crippen LogP contribution is 2.19. The lowest BCUT2D eigenvalue weighted by atomic mass is 10.1. The number of nitrogens with one attached hydrogen (secondary N) is 1. The molecule has 1 heterocycles. The molecule has 2 rings (SSSR count). The van der Waals surface area contributed by atoms with Crippen LogP contribution in [0.4, 0.5) is 0 Å². The lowest BCUT2D eigenvalue weighted by Gasteiger charge is -2.08. The van der Waals surface area contributed by atoms with Crippen molar-refractivity contribution in [3.05, 3.63) is 48.9 Å². The van der Waals surface area contributed by atoms with E-state index in [4.69, 9.17) is 4.74 Å². The van der Waals surface area contributed by atoms with E-state index >= 15 is 0 Å². The molecule has 0 radical (unpaired) electrons. The molecule has 0 aliphatic carbocycles. The van der Waals surface area contributed by atoms with Gasteiger partial charge in [-0.05, 0) is 53.6 Å². The van der Waals surface area contributed by atoms with Crippen LogP contribution in [0.5, 0.6) is 0 Å². The molecule has 0 unspecified atom stereocenters. The Morgan fingerprint density at radius 2 is 2.05 bits per heavy atom. The van der Waals surface area contributed by atoms with E-state index in [0.29, 0.717) is 21.7 Å². The van der Waals surface area contributed by atoms with Crippen LogP contribution in [0, 0.1) is 17.4 Å². The molecule has 0 saturated carbocycles. The Balaban J connectivity index is 2.56. The summed E-state index contributed by atoms with van der Waals surface area (Å²) in [6.45, 7) is 4.43. The summed E-state index contributed by atoms with van der Waals surface area (Å²) in [5.74, 6) is 0.584. The smallest absolute Gasteiger partial charge is 0.264 e. The summed E-state index contributed by atoms with van der Waals surface area (Å²) in [7, 11) is 1.59. The molecule has 4 nitrogen and oxygen atoms in total. The van der Waals surface area contributed by atoms with Crippen molar-refractivity contribution in [2.45, 2.75) is 20.5 Å². The maximum atomic E-state index is 11.9. The molecule has 1 N–H and O–H groups in total. The highest BCUT2D eigenvalue weighted by molar-refractivity contribution is 14.1. The molecule has 5 heteroatoms. The van der Waals surface area contributed by atoms with E-state index in [9.17, 15) is 4.79 Å². The number of benzene rings is 1. The maximum absolute atomic E-state index is 11.9. The van der Waals surface area contributed by atoms with Gasteiger partial charge in [0.1, 0.15) is 9.39 Å². The number of halogens is 1. The van der Waals surface area contributed by atoms with Gasteiger partial charge in [0.15, 0.2) is 0 Å². The van der Waals surface area contributed by atoms with Crippen LogP contribution in [-0.2, 0) is 11.3 Å². The second kappa shape index (κ2) is 5.83. The van der Waals surface area contributed by atoms with Gasteiger partial charge in [0, 0.05) is 12.7 Å². The van der Waals surface area contributed by atoms with E-state index in [1.54, 1.807) is 7.11 Å². The third-order valence-electron chi connectivity index (χ3n) is 2.99. The molecule has 0 aliphatic heterocycles. The average Bonchev–Trinajstić information content (AvgIpc) is 2.38. The largest absolute Gasteiger partial charge is 0.378 e. The minimum Gasteiger partial charge on any atom is -0.378 e. The summed E-state index contributed by atoms with van der Waals surface area (Å²) < 4.78 is 5.65. The van der Waals surface area contributed by atoms with Gasteiger partial charge in [0.25, 0.3) is 5.56 Å². The van der Waals surface area contributed by atoms with Crippen LogP contribution in [0.2, 0.25) is 0 Å². The SMILES string of the molecule is COCc1nc(-c2ccc(C)c(C)c2)[nH]c(=O)c1I. The first-order chi connectivity index (χ1) is 9.02. The van der Waals surface area contributed by atoms with Crippen LogP contribution in [0.15, 0.2) is 23.0 Å².